The molecule has 1 heterocycles. The van der Waals surface area contributed by atoms with Gasteiger partial charge in [0.2, 0.25) is 5.91 Å². The SMILES string of the molecule is CCCCCCCCCC(=O)N1CCC(C)(NC)CC1. The minimum absolute atomic E-state index is 0.232. The van der Waals surface area contributed by atoms with Gasteiger partial charge in [0.15, 0.2) is 0 Å². The molecule has 1 fully saturated rings. The van der Waals surface area contributed by atoms with Crippen LogP contribution in [0.25, 0.3) is 0 Å². The van der Waals surface area contributed by atoms with E-state index in [1.165, 1.54) is 38.5 Å². The second kappa shape index (κ2) is 9.38. The number of nitrogens with one attached hydrogen (secondary N) is 1. The van der Waals surface area contributed by atoms with Crippen molar-refractivity contribution in [1.29, 1.82) is 0 Å². The third-order valence-corrected chi connectivity index (χ3v) is 4.82. The number of rotatable bonds is 9. The summed E-state index contributed by atoms with van der Waals surface area (Å²) in [6.07, 6.45) is 11.9. The van der Waals surface area contributed by atoms with Crippen molar-refractivity contribution in [2.24, 2.45) is 0 Å². The molecule has 1 N–H and O–H groups in total. The molecule has 0 aliphatic carbocycles. The highest BCUT2D eigenvalue weighted by atomic mass is 16.2. The van der Waals surface area contributed by atoms with Gasteiger partial charge in [0.25, 0.3) is 0 Å². The summed E-state index contributed by atoms with van der Waals surface area (Å²) >= 11 is 0. The summed E-state index contributed by atoms with van der Waals surface area (Å²) in [5.41, 5.74) is 0.232. The van der Waals surface area contributed by atoms with Gasteiger partial charge in [0.05, 0.1) is 0 Å². The van der Waals surface area contributed by atoms with E-state index in [1.54, 1.807) is 0 Å². The number of piperidine rings is 1. The maximum Gasteiger partial charge on any atom is 0.222 e. The predicted molar refractivity (Wildman–Crippen MR) is 85.9 cm³/mol. The number of amides is 1. The summed E-state index contributed by atoms with van der Waals surface area (Å²) in [4.78, 5) is 14.2. The van der Waals surface area contributed by atoms with E-state index in [-0.39, 0.29) is 5.54 Å². The summed E-state index contributed by atoms with van der Waals surface area (Å²) in [5, 5.41) is 3.38. The predicted octanol–water partition coefficient (Wildman–Crippen LogP) is 3.73. The highest BCUT2D eigenvalue weighted by Gasteiger charge is 2.29. The average Bonchev–Trinajstić information content (AvgIpc) is 2.47. The maximum atomic E-state index is 12.1. The first-order valence-electron chi connectivity index (χ1n) is 8.58. The Morgan fingerprint density at radius 2 is 1.60 bits per heavy atom. The molecular formula is C17H34N2O. The van der Waals surface area contributed by atoms with E-state index in [4.69, 9.17) is 0 Å². The minimum atomic E-state index is 0.232. The molecule has 0 radical (unpaired) electrons. The van der Waals surface area contributed by atoms with E-state index >= 15 is 0 Å². The Morgan fingerprint density at radius 1 is 1.05 bits per heavy atom. The third kappa shape index (κ3) is 6.25. The molecule has 0 spiro atoms. The number of hydrogen-bond acceptors (Lipinski definition) is 2. The Kier molecular flexibility index (Phi) is 8.20. The molecule has 1 aliphatic rings. The first kappa shape index (κ1) is 17.5. The Labute approximate surface area is 125 Å². The standard InChI is InChI=1S/C17H34N2O/c1-4-5-6-7-8-9-10-11-16(20)19-14-12-17(2,18-3)13-15-19/h18H,4-15H2,1-3H3. The Hall–Kier alpha value is -0.570. The fourth-order valence-corrected chi connectivity index (χ4v) is 2.89. The lowest BCUT2D eigenvalue weighted by molar-refractivity contribution is -0.132. The normalized spacial score (nSPS) is 18.2. The van der Waals surface area contributed by atoms with Crippen LogP contribution in [0.3, 0.4) is 0 Å². The molecule has 20 heavy (non-hydrogen) atoms. The maximum absolute atomic E-state index is 12.1. The van der Waals surface area contributed by atoms with Crippen LogP contribution >= 0.6 is 0 Å². The molecule has 118 valence electrons. The molecule has 1 amide bonds. The van der Waals surface area contributed by atoms with Gasteiger partial charge in [-0.3, -0.25) is 4.79 Å². The van der Waals surface area contributed by atoms with Gasteiger partial charge in [0, 0.05) is 25.0 Å². The van der Waals surface area contributed by atoms with Gasteiger partial charge in [-0.1, -0.05) is 45.4 Å². The molecule has 1 saturated heterocycles. The van der Waals surface area contributed by atoms with Crippen molar-refractivity contribution in [3.05, 3.63) is 0 Å². The highest BCUT2D eigenvalue weighted by molar-refractivity contribution is 5.76. The quantitative estimate of drug-likeness (QED) is 0.654. The van der Waals surface area contributed by atoms with E-state index in [0.717, 1.165) is 38.8 Å². The lowest BCUT2D eigenvalue weighted by Gasteiger charge is -2.39. The number of unbranched alkanes of at least 4 members (excludes halogenated alkanes) is 6. The van der Waals surface area contributed by atoms with Gasteiger partial charge in [0.1, 0.15) is 0 Å². The smallest absolute Gasteiger partial charge is 0.222 e. The summed E-state index contributed by atoms with van der Waals surface area (Å²) in [6.45, 7) is 6.35. The lowest BCUT2D eigenvalue weighted by Crippen LogP contribution is -2.51. The molecule has 0 aromatic heterocycles. The zero-order valence-electron chi connectivity index (χ0n) is 13.8. The molecule has 0 saturated carbocycles. The molecular weight excluding hydrogens is 248 g/mol. The highest BCUT2D eigenvalue weighted by Crippen LogP contribution is 2.22. The van der Waals surface area contributed by atoms with E-state index in [1.807, 2.05) is 7.05 Å². The van der Waals surface area contributed by atoms with Gasteiger partial charge in [-0.25, -0.2) is 0 Å². The van der Waals surface area contributed by atoms with Crippen LogP contribution in [0.5, 0.6) is 0 Å². The Morgan fingerprint density at radius 3 is 2.15 bits per heavy atom. The Bertz CT molecular complexity index is 270. The second-order valence-corrected chi connectivity index (χ2v) is 6.56. The van der Waals surface area contributed by atoms with Crippen LogP contribution < -0.4 is 5.32 Å². The topological polar surface area (TPSA) is 32.3 Å². The van der Waals surface area contributed by atoms with Crippen LogP contribution in [0, 0.1) is 0 Å². The van der Waals surface area contributed by atoms with Gasteiger partial charge in [-0.15, -0.1) is 0 Å². The summed E-state index contributed by atoms with van der Waals surface area (Å²) < 4.78 is 0. The molecule has 0 bridgehead atoms. The molecule has 3 nitrogen and oxygen atoms in total. The second-order valence-electron chi connectivity index (χ2n) is 6.56. The first-order chi connectivity index (χ1) is 9.61. The largest absolute Gasteiger partial charge is 0.343 e. The Balaban J connectivity index is 2.06. The fraction of sp³-hybridized carbons (Fsp3) is 0.941. The molecule has 0 atom stereocenters. The molecule has 1 rings (SSSR count). The molecule has 0 aromatic carbocycles. The van der Waals surface area contributed by atoms with E-state index in [0.29, 0.717) is 5.91 Å². The van der Waals surface area contributed by atoms with Crippen LogP contribution in [0.2, 0.25) is 0 Å². The number of likely N-dealkylation sites (tertiary alicyclic amines) is 1. The van der Waals surface area contributed by atoms with Gasteiger partial charge < -0.3 is 10.2 Å². The monoisotopic (exact) mass is 282 g/mol. The number of hydrogen-bond donors (Lipinski definition) is 1. The van der Waals surface area contributed by atoms with Crippen molar-refractivity contribution in [2.45, 2.75) is 83.6 Å². The lowest BCUT2D eigenvalue weighted by atomic mass is 9.90. The van der Waals surface area contributed by atoms with Crippen molar-refractivity contribution in [1.82, 2.24) is 10.2 Å². The summed E-state index contributed by atoms with van der Waals surface area (Å²) in [6, 6.07) is 0. The van der Waals surface area contributed by atoms with Crippen LogP contribution in [0.15, 0.2) is 0 Å². The zero-order valence-corrected chi connectivity index (χ0v) is 13.8. The van der Waals surface area contributed by atoms with Gasteiger partial charge >= 0.3 is 0 Å². The molecule has 3 heteroatoms. The molecule has 0 unspecified atom stereocenters. The molecule has 0 aromatic rings. The van der Waals surface area contributed by atoms with Crippen molar-refractivity contribution >= 4 is 5.91 Å². The van der Waals surface area contributed by atoms with E-state index < -0.39 is 0 Å². The van der Waals surface area contributed by atoms with Crippen LogP contribution in [-0.2, 0) is 4.79 Å². The van der Waals surface area contributed by atoms with Gasteiger partial charge in [-0.05, 0) is 33.2 Å². The van der Waals surface area contributed by atoms with E-state index in [9.17, 15) is 4.79 Å². The van der Waals surface area contributed by atoms with Crippen molar-refractivity contribution < 1.29 is 4.79 Å². The van der Waals surface area contributed by atoms with Crippen molar-refractivity contribution in [2.75, 3.05) is 20.1 Å². The van der Waals surface area contributed by atoms with Crippen molar-refractivity contribution in [3.63, 3.8) is 0 Å². The number of nitrogens with zero attached hydrogens (tertiary/aromatic N) is 1. The third-order valence-electron chi connectivity index (χ3n) is 4.82. The zero-order chi connectivity index (χ0) is 14.8. The fourth-order valence-electron chi connectivity index (χ4n) is 2.89. The van der Waals surface area contributed by atoms with Gasteiger partial charge in [-0.2, -0.15) is 0 Å². The number of carbonyl (C=O) groups is 1. The van der Waals surface area contributed by atoms with Crippen molar-refractivity contribution in [3.8, 4) is 0 Å². The van der Waals surface area contributed by atoms with Crippen LogP contribution in [-0.4, -0.2) is 36.5 Å². The van der Waals surface area contributed by atoms with E-state index in [2.05, 4.69) is 24.1 Å². The number of carbonyl (C=O) groups excluding carboxylic acids is 1. The molecule has 1 aliphatic heterocycles. The minimum Gasteiger partial charge on any atom is -0.343 e. The summed E-state index contributed by atoms with van der Waals surface area (Å²) in [7, 11) is 2.02. The summed E-state index contributed by atoms with van der Waals surface area (Å²) in [5.74, 6) is 0.372. The van der Waals surface area contributed by atoms with Crippen LogP contribution in [0.4, 0.5) is 0 Å². The first-order valence-corrected chi connectivity index (χ1v) is 8.58. The van der Waals surface area contributed by atoms with Crippen LogP contribution in [0.1, 0.15) is 78.1 Å². The average molecular weight is 282 g/mol.